The highest BCUT2D eigenvalue weighted by Crippen LogP contribution is 2.32. The van der Waals surface area contributed by atoms with Crippen LogP contribution in [0.4, 0.5) is 0 Å². The largest absolute Gasteiger partial charge is 0.370 e. The fraction of sp³-hybridized carbons (Fsp3) is 0.250. The highest BCUT2D eigenvalue weighted by molar-refractivity contribution is 7.17. The first kappa shape index (κ1) is 10.2. The van der Waals surface area contributed by atoms with Crippen LogP contribution in [0.1, 0.15) is 24.8 Å². The van der Waals surface area contributed by atoms with Gasteiger partial charge < -0.3 is 5.73 Å². The maximum atomic E-state index is 10.9. The van der Waals surface area contributed by atoms with Crippen molar-refractivity contribution in [1.82, 2.24) is 0 Å². The number of carbonyl (C=O) groups is 1. The maximum Gasteiger partial charge on any atom is 0.218 e. The van der Waals surface area contributed by atoms with Gasteiger partial charge in [-0.15, -0.1) is 11.3 Å². The summed E-state index contributed by atoms with van der Waals surface area (Å²) in [6.07, 6.45) is 0.417. The first-order valence-corrected chi connectivity index (χ1v) is 5.81. The molecule has 0 aliphatic carbocycles. The number of primary amides is 1. The van der Waals surface area contributed by atoms with Gasteiger partial charge in [0.15, 0.2) is 0 Å². The van der Waals surface area contributed by atoms with Crippen LogP contribution in [0.15, 0.2) is 29.6 Å². The molecule has 0 radical (unpaired) electrons. The fourth-order valence-electron chi connectivity index (χ4n) is 1.79. The highest BCUT2D eigenvalue weighted by atomic mass is 32.1. The number of thiophene rings is 1. The van der Waals surface area contributed by atoms with E-state index >= 15 is 0 Å². The number of amides is 1. The number of benzene rings is 1. The molecule has 0 saturated heterocycles. The Kier molecular flexibility index (Phi) is 2.73. The normalized spacial score (nSPS) is 12.9. The zero-order chi connectivity index (χ0) is 10.8. The van der Waals surface area contributed by atoms with Gasteiger partial charge in [0, 0.05) is 11.1 Å². The van der Waals surface area contributed by atoms with E-state index < -0.39 is 0 Å². The molecule has 0 fully saturated rings. The summed E-state index contributed by atoms with van der Waals surface area (Å²) in [4.78, 5) is 10.9. The van der Waals surface area contributed by atoms with E-state index in [2.05, 4.69) is 17.5 Å². The van der Waals surface area contributed by atoms with Crippen molar-refractivity contribution in [3.05, 3.63) is 35.2 Å². The van der Waals surface area contributed by atoms with Crippen molar-refractivity contribution in [2.75, 3.05) is 0 Å². The molecule has 1 amide bonds. The summed E-state index contributed by atoms with van der Waals surface area (Å²) < 4.78 is 1.27. The van der Waals surface area contributed by atoms with Crippen molar-refractivity contribution < 1.29 is 4.79 Å². The average Bonchev–Trinajstić information content (AvgIpc) is 2.59. The molecule has 2 N–H and O–H groups in total. The standard InChI is InChI=1S/C12H13NOS/c1-8(6-12(13)14)10-7-15-11-5-3-2-4-9(10)11/h2-5,7-8H,6H2,1H3,(H2,13,14). The molecule has 2 rings (SSSR count). The average molecular weight is 219 g/mol. The number of hydrogen-bond donors (Lipinski definition) is 1. The number of nitrogens with two attached hydrogens (primary N) is 1. The van der Waals surface area contributed by atoms with Gasteiger partial charge in [0.25, 0.3) is 0 Å². The smallest absolute Gasteiger partial charge is 0.218 e. The van der Waals surface area contributed by atoms with Crippen LogP contribution < -0.4 is 5.73 Å². The zero-order valence-electron chi connectivity index (χ0n) is 8.57. The lowest BCUT2D eigenvalue weighted by atomic mass is 9.97. The Morgan fingerprint density at radius 1 is 1.47 bits per heavy atom. The Morgan fingerprint density at radius 3 is 2.93 bits per heavy atom. The van der Waals surface area contributed by atoms with E-state index in [4.69, 9.17) is 5.73 Å². The molecule has 3 heteroatoms. The first-order chi connectivity index (χ1) is 7.18. The minimum Gasteiger partial charge on any atom is -0.370 e. The first-order valence-electron chi connectivity index (χ1n) is 4.93. The Hall–Kier alpha value is -1.35. The van der Waals surface area contributed by atoms with Gasteiger partial charge in [0.2, 0.25) is 5.91 Å². The van der Waals surface area contributed by atoms with Crippen LogP contribution >= 0.6 is 11.3 Å². The van der Waals surface area contributed by atoms with Crippen LogP contribution in [-0.4, -0.2) is 5.91 Å². The summed E-state index contributed by atoms with van der Waals surface area (Å²) in [6.45, 7) is 2.04. The molecule has 1 atom stereocenters. The molecule has 1 aromatic carbocycles. The summed E-state index contributed by atoms with van der Waals surface area (Å²) in [6, 6.07) is 8.25. The fourth-order valence-corrected chi connectivity index (χ4v) is 2.87. The molecule has 2 aromatic rings. The van der Waals surface area contributed by atoms with Gasteiger partial charge in [0.1, 0.15) is 0 Å². The van der Waals surface area contributed by atoms with E-state index in [0.29, 0.717) is 6.42 Å². The lowest BCUT2D eigenvalue weighted by Gasteiger charge is -2.07. The molecule has 0 bridgehead atoms. The van der Waals surface area contributed by atoms with Gasteiger partial charge in [-0.05, 0) is 28.3 Å². The number of carbonyl (C=O) groups excluding carboxylic acids is 1. The second-order valence-electron chi connectivity index (χ2n) is 3.76. The van der Waals surface area contributed by atoms with E-state index in [1.165, 1.54) is 15.6 Å². The van der Waals surface area contributed by atoms with E-state index in [1.54, 1.807) is 11.3 Å². The predicted octanol–water partition coefficient (Wildman–Crippen LogP) is 2.88. The molecule has 1 heterocycles. The molecule has 0 aliphatic heterocycles. The lowest BCUT2D eigenvalue weighted by molar-refractivity contribution is -0.118. The summed E-state index contributed by atoms with van der Waals surface area (Å²) in [5.41, 5.74) is 6.44. The molecule has 0 saturated carbocycles. The van der Waals surface area contributed by atoms with Crippen LogP contribution in [0.25, 0.3) is 10.1 Å². The molecular weight excluding hydrogens is 206 g/mol. The van der Waals surface area contributed by atoms with Crippen molar-refractivity contribution in [2.45, 2.75) is 19.3 Å². The lowest BCUT2D eigenvalue weighted by Crippen LogP contribution is -2.13. The van der Waals surface area contributed by atoms with Gasteiger partial charge in [-0.3, -0.25) is 4.79 Å². The molecule has 2 nitrogen and oxygen atoms in total. The molecule has 0 aliphatic rings. The van der Waals surface area contributed by atoms with Crippen LogP contribution in [-0.2, 0) is 4.79 Å². The summed E-state index contributed by atoms with van der Waals surface area (Å²) >= 11 is 1.72. The second kappa shape index (κ2) is 4.03. The Morgan fingerprint density at radius 2 is 2.20 bits per heavy atom. The third-order valence-corrected chi connectivity index (χ3v) is 3.53. The highest BCUT2D eigenvalue weighted by Gasteiger charge is 2.12. The van der Waals surface area contributed by atoms with Crippen molar-refractivity contribution in [3.63, 3.8) is 0 Å². The molecule has 0 spiro atoms. The van der Waals surface area contributed by atoms with E-state index in [0.717, 1.165) is 0 Å². The summed E-state index contributed by atoms with van der Waals surface area (Å²) in [5.74, 6) is -0.0311. The number of hydrogen-bond acceptors (Lipinski definition) is 2. The topological polar surface area (TPSA) is 43.1 Å². The second-order valence-corrected chi connectivity index (χ2v) is 4.67. The van der Waals surface area contributed by atoms with Crippen molar-refractivity contribution in [3.8, 4) is 0 Å². The Bertz CT molecular complexity index is 489. The summed E-state index contributed by atoms with van der Waals surface area (Å²) in [5, 5.41) is 3.37. The molecular formula is C12H13NOS. The minimum atomic E-state index is -0.238. The van der Waals surface area contributed by atoms with Gasteiger partial charge in [-0.25, -0.2) is 0 Å². The zero-order valence-corrected chi connectivity index (χ0v) is 9.38. The van der Waals surface area contributed by atoms with Crippen LogP contribution in [0.5, 0.6) is 0 Å². The third-order valence-electron chi connectivity index (χ3n) is 2.55. The van der Waals surface area contributed by atoms with Crippen LogP contribution in [0.3, 0.4) is 0 Å². The number of rotatable bonds is 3. The third kappa shape index (κ3) is 2.02. The summed E-state index contributed by atoms with van der Waals surface area (Å²) in [7, 11) is 0. The Balaban J connectivity index is 2.39. The SMILES string of the molecule is CC(CC(N)=O)c1csc2ccccc12. The van der Waals surface area contributed by atoms with Crippen LogP contribution in [0, 0.1) is 0 Å². The van der Waals surface area contributed by atoms with Gasteiger partial charge >= 0.3 is 0 Å². The monoisotopic (exact) mass is 219 g/mol. The van der Waals surface area contributed by atoms with E-state index in [-0.39, 0.29) is 11.8 Å². The molecule has 1 unspecified atom stereocenters. The van der Waals surface area contributed by atoms with E-state index in [1.807, 2.05) is 19.1 Å². The van der Waals surface area contributed by atoms with Gasteiger partial charge in [0.05, 0.1) is 0 Å². The molecule has 1 aromatic heterocycles. The van der Waals surface area contributed by atoms with Crippen molar-refractivity contribution >= 4 is 27.3 Å². The maximum absolute atomic E-state index is 10.9. The Labute approximate surface area is 92.7 Å². The van der Waals surface area contributed by atoms with E-state index in [9.17, 15) is 4.79 Å². The molecule has 15 heavy (non-hydrogen) atoms. The molecule has 78 valence electrons. The van der Waals surface area contributed by atoms with Gasteiger partial charge in [-0.2, -0.15) is 0 Å². The van der Waals surface area contributed by atoms with Crippen molar-refractivity contribution in [1.29, 1.82) is 0 Å². The van der Waals surface area contributed by atoms with Gasteiger partial charge in [-0.1, -0.05) is 25.1 Å². The number of fused-ring (bicyclic) bond motifs is 1. The quantitative estimate of drug-likeness (QED) is 0.847. The van der Waals surface area contributed by atoms with Crippen molar-refractivity contribution in [2.24, 2.45) is 5.73 Å². The predicted molar refractivity (Wildman–Crippen MR) is 64.1 cm³/mol. The van der Waals surface area contributed by atoms with Crippen LogP contribution in [0.2, 0.25) is 0 Å². The minimum absolute atomic E-state index is 0.207.